The molecule has 0 aromatic rings. The van der Waals surface area contributed by atoms with Crippen LogP contribution in [0.1, 0.15) is 46.0 Å². The number of Topliss-reactive ketones (excluding diaryl/α,β-unsaturated/α-hetero) is 1. The van der Waals surface area contributed by atoms with E-state index in [0.29, 0.717) is 6.42 Å². The molecule has 0 saturated carbocycles. The van der Waals surface area contributed by atoms with Crippen molar-refractivity contribution in [1.29, 1.82) is 0 Å². The van der Waals surface area contributed by atoms with Gasteiger partial charge in [-0.15, -0.1) is 0 Å². The lowest BCUT2D eigenvalue weighted by molar-refractivity contribution is -0.115. The van der Waals surface area contributed by atoms with Crippen LogP contribution in [0.4, 0.5) is 0 Å². The molecule has 0 radical (unpaired) electrons. The van der Waals surface area contributed by atoms with E-state index in [1.165, 1.54) is 19.3 Å². The predicted octanol–water partition coefficient (Wildman–Crippen LogP) is 2.22. The molecule has 1 heterocycles. The quantitative estimate of drug-likeness (QED) is 0.646. The van der Waals surface area contributed by atoms with Gasteiger partial charge in [0, 0.05) is 25.2 Å². The summed E-state index contributed by atoms with van der Waals surface area (Å²) in [6.45, 7) is 5.80. The monoisotopic (exact) mass is 196 g/mol. The largest absolute Gasteiger partial charge is 0.300 e. The van der Waals surface area contributed by atoms with E-state index in [4.69, 9.17) is 0 Å². The van der Waals surface area contributed by atoms with Gasteiger partial charge in [-0.3, -0.25) is 9.80 Å². The van der Waals surface area contributed by atoms with Gasteiger partial charge in [-0.25, -0.2) is 0 Å². The zero-order valence-electron chi connectivity index (χ0n) is 9.25. The van der Waals surface area contributed by atoms with Crippen molar-refractivity contribution < 1.29 is 4.79 Å². The van der Waals surface area contributed by atoms with Crippen LogP contribution >= 0.6 is 0 Å². The summed E-state index contributed by atoms with van der Waals surface area (Å²) in [4.78, 5) is 11.0. The van der Waals surface area contributed by atoms with E-state index in [1.807, 2.05) is 0 Å². The second kappa shape index (κ2) is 5.78. The summed E-state index contributed by atoms with van der Waals surface area (Å²) < 4.78 is 0. The van der Waals surface area contributed by atoms with Gasteiger partial charge in [0.2, 0.25) is 0 Å². The SMILES string of the molecule is CC/C(CC(C)=O)=N\N1CCCCC1. The van der Waals surface area contributed by atoms with E-state index in [-0.39, 0.29) is 5.78 Å². The van der Waals surface area contributed by atoms with Crippen LogP contribution < -0.4 is 0 Å². The highest BCUT2D eigenvalue weighted by atomic mass is 16.1. The van der Waals surface area contributed by atoms with Crippen LogP contribution in [-0.2, 0) is 4.79 Å². The molecule has 1 aliphatic heterocycles. The van der Waals surface area contributed by atoms with Gasteiger partial charge >= 0.3 is 0 Å². The minimum atomic E-state index is 0.211. The minimum absolute atomic E-state index is 0.211. The molecule has 0 aliphatic carbocycles. The van der Waals surface area contributed by atoms with Gasteiger partial charge in [-0.05, 0) is 32.6 Å². The van der Waals surface area contributed by atoms with Gasteiger partial charge in [0.15, 0.2) is 0 Å². The molecule has 0 spiro atoms. The van der Waals surface area contributed by atoms with E-state index >= 15 is 0 Å². The summed E-state index contributed by atoms with van der Waals surface area (Å²) in [5, 5.41) is 6.64. The average molecular weight is 196 g/mol. The molecule has 0 bridgehead atoms. The number of nitrogens with zero attached hydrogens (tertiary/aromatic N) is 2. The van der Waals surface area contributed by atoms with Gasteiger partial charge in [0.1, 0.15) is 5.78 Å². The van der Waals surface area contributed by atoms with Gasteiger partial charge in [-0.2, -0.15) is 5.10 Å². The zero-order chi connectivity index (χ0) is 10.4. The van der Waals surface area contributed by atoms with Gasteiger partial charge in [-0.1, -0.05) is 6.92 Å². The number of hydrogen-bond acceptors (Lipinski definition) is 3. The molecule has 0 atom stereocenters. The summed E-state index contributed by atoms with van der Waals surface area (Å²) >= 11 is 0. The topological polar surface area (TPSA) is 32.7 Å². The van der Waals surface area contributed by atoms with E-state index in [0.717, 1.165) is 25.2 Å². The predicted molar refractivity (Wildman–Crippen MR) is 58.4 cm³/mol. The minimum Gasteiger partial charge on any atom is -0.300 e. The highest BCUT2D eigenvalue weighted by Crippen LogP contribution is 2.10. The summed E-state index contributed by atoms with van der Waals surface area (Å²) in [7, 11) is 0. The molecule has 1 fully saturated rings. The second-order valence-corrected chi connectivity index (χ2v) is 3.91. The summed E-state index contributed by atoms with van der Waals surface area (Å²) in [6, 6.07) is 0. The van der Waals surface area contributed by atoms with Gasteiger partial charge < -0.3 is 0 Å². The molecular weight excluding hydrogens is 176 g/mol. The van der Waals surface area contributed by atoms with Crippen LogP contribution in [0.2, 0.25) is 0 Å². The average Bonchev–Trinajstić information content (AvgIpc) is 2.17. The molecule has 0 amide bonds. The number of rotatable bonds is 4. The molecule has 0 N–H and O–H groups in total. The maximum Gasteiger partial charge on any atom is 0.135 e. The van der Waals surface area contributed by atoms with Crippen molar-refractivity contribution in [3.05, 3.63) is 0 Å². The molecule has 80 valence electrons. The zero-order valence-corrected chi connectivity index (χ0v) is 9.25. The first kappa shape index (κ1) is 11.2. The van der Waals surface area contributed by atoms with E-state index < -0.39 is 0 Å². The smallest absolute Gasteiger partial charge is 0.135 e. The van der Waals surface area contributed by atoms with E-state index in [9.17, 15) is 4.79 Å². The molecule has 0 aromatic carbocycles. The van der Waals surface area contributed by atoms with Gasteiger partial charge in [0.25, 0.3) is 0 Å². The third-order valence-electron chi connectivity index (χ3n) is 2.48. The second-order valence-electron chi connectivity index (χ2n) is 3.91. The van der Waals surface area contributed by atoms with Crippen molar-refractivity contribution in [2.24, 2.45) is 5.10 Å². The number of carbonyl (C=O) groups excluding carboxylic acids is 1. The van der Waals surface area contributed by atoms with Crippen LogP contribution in [0.25, 0.3) is 0 Å². The lowest BCUT2D eigenvalue weighted by atomic mass is 10.1. The number of carbonyl (C=O) groups is 1. The third kappa shape index (κ3) is 3.90. The van der Waals surface area contributed by atoms with Crippen LogP contribution in [-0.4, -0.2) is 29.6 Å². The molecule has 1 rings (SSSR count). The summed E-state index contributed by atoms with van der Waals surface area (Å²) in [6.07, 6.45) is 5.20. The Morgan fingerprint density at radius 3 is 2.43 bits per heavy atom. The van der Waals surface area contributed by atoms with Crippen molar-refractivity contribution in [3.63, 3.8) is 0 Å². The standard InChI is InChI=1S/C11H20N2O/c1-3-11(9-10(2)14)12-13-7-5-4-6-8-13/h3-9H2,1-2H3/b12-11+. The Bertz CT molecular complexity index is 217. The van der Waals surface area contributed by atoms with Crippen LogP contribution in [0.15, 0.2) is 5.10 Å². The van der Waals surface area contributed by atoms with Crippen molar-refractivity contribution in [2.75, 3.05) is 13.1 Å². The molecule has 0 unspecified atom stereocenters. The van der Waals surface area contributed by atoms with Crippen molar-refractivity contribution in [2.45, 2.75) is 46.0 Å². The first-order valence-electron chi connectivity index (χ1n) is 5.53. The Hall–Kier alpha value is -0.860. The van der Waals surface area contributed by atoms with Gasteiger partial charge in [0.05, 0.1) is 0 Å². The molecule has 3 heteroatoms. The lowest BCUT2D eigenvalue weighted by Crippen LogP contribution is -2.26. The molecule has 14 heavy (non-hydrogen) atoms. The van der Waals surface area contributed by atoms with Crippen LogP contribution in [0.5, 0.6) is 0 Å². The third-order valence-corrected chi connectivity index (χ3v) is 2.48. The molecule has 3 nitrogen and oxygen atoms in total. The number of piperidine rings is 1. The molecular formula is C11H20N2O. The van der Waals surface area contributed by atoms with Crippen molar-refractivity contribution in [3.8, 4) is 0 Å². The Balaban J connectivity index is 2.47. The number of ketones is 1. The molecule has 1 aliphatic rings. The normalized spacial score (nSPS) is 18.4. The lowest BCUT2D eigenvalue weighted by Gasteiger charge is -2.24. The highest BCUT2D eigenvalue weighted by Gasteiger charge is 2.09. The maximum absolute atomic E-state index is 11.0. The Labute approximate surface area is 86.2 Å². The van der Waals surface area contributed by atoms with Crippen molar-refractivity contribution in [1.82, 2.24) is 5.01 Å². The first-order chi connectivity index (χ1) is 6.72. The number of hydrogen-bond donors (Lipinski definition) is 0. The fourth-order valence-corrected chi connectivity index (χ4v) is 1.70. The maximum atomic E-state index is 11.0. The summed E-state index contributed by atoms with van der Waals surface area (Å²) in [5.74, 6) is 0.211. The Morgan fingerprint density at radius 1 is 1.29 bits per heavy atom. The highest BCUT2D eigenvalue weighted by molar-refractivity contribution is 6.00. The summed E-state index contributed by atoms with van der Waals surface area (Å²) in [5.41, 5.74) is 1.03. The number of hydrazone groups is 1. The van der Waals surface area contributed by atoms with Crippen LogP contribution in [0.3, 0.4) is 0 Å². The fourth-order valence-electron chi connectivity index (χ4n) is 1.70. The van der Waals surface area contributed by atoms with E-state index in [2.05, 4.69) is 17.0 Å². The Kier molecular flexibility index (Phi) is 4.63. The fraction of sp³-hybridized carbons (Fsp3) is 0.818. The molecule has 1 saturated heterocycles. The molecule has 0 aromatic heterocycles. The van der Waals surface area contributed by atoms with Crippen LogP contribution in [0, 0.1) is 0 Å². The Morgan fingerprint density at radius 2 is 1.93 bits per heavy atom. The van der Waals surface area contributed by atoms with E-state index in [1.54, 1.807) is 6.92 Å². The van der Waals surface area contributed by atoms with Crippen molar-refractivity contribution >= 4 is 11.5 Å². The first-order valence-corrected chi connectivity index (χ1v) is 5.53.